The fourth-order valence-corrected chi connectivity index (χ4v) is 2.78. The van der Waals surface area contributed by atoms with Gasteiger partial charge in [-0.3, -0.25) is 0 Å². The Morgan fingerprint density at radius 2 is 1.95 bits per heavy atom. The maximum atomic E-state index is 13.6. The molecule has 1 atom stereocenters. The number of rotatable bonds is 4. The molecule has 0 bridgehead atoms. The summed E-state index contributed by atoms with van der Waals surface area (Å²) in [5.74, 6) is -0.647. The molecule has 2 aromatic carbocycles. The molecule has 0 saturated carbocycles. The summed E-state index contributed by atoms with van der Waals surface area (Å²) in [6.07, 6.45) is -0.557. The van der Waals surface area contributed by atoms with E-state index in [0.29, 0.717) is 14.7 Å². The summed E-state index contributed by atoms with van der Waals surface area (Å²) in [4.78, 5) is 0. The predicted octanol–water partition coefficient (Wildman–Crippen LogP) is 3.85. The molecule has 0 aromatic heterocycles. The largest absolute Gasteiger partial charge is 0.494 e. The van der Waals surface area contributed by atoms with Crippen LogP contribution in [-0.4, -0.2) is 12.2 Å². The zero-order valence-corrected chi connectivity index (χ0v) is 12.9. The first kappa shape index (κ1) is 15.2. The van der Waals surface area contributed by atoms with E-state index in [2.05, 4.69) is 0 Å². The second-order valence-electron chi connectivity index (χ2n) is 4.35. The van der Waals surface area contributed by atoms with E-state index in [1.165, 1.54) is 31.4 Å². The van der Waals surface area contributed by atoms with Gasteiger partial charge in [-0.2, -0.15) is 0 Å². The van der Waals surface area contributed by atoms with Crippen molar-refractivity contribution < 1.29 is 18.6 Å². The van der Waals surface area contributed by atoms with Crippen molar-refractivity contribution in [2.45, 2.75) is 12.5 Å². The lowest BCUT2D eigenvalue weighted by atomic mass is 10.0. The molecular formula is C15H13F2IO2. The summed E-state index contributed by atoms with van der Waals surface area (Å²) in [6, 6.07) is 8.75. The molecule has 2 nitrogen and oxygen atoms in total. The van der Waals surface area contributed by atoms with Crippen LogP contribution in [0.3, 0.4) is 0 Å². The normalized spacial score (nSPS) is 12.2. The van der Waals surface area contributed by atoms with Crippen molar-refractivity contribution >= 4 is 22.6 Å². The predicted molar refractivity (Wildman–Crippen MR) is 80.7 cm³/mol. The molecular weight excluding hydrogens is 377 g/mol. The van der Waals surface area contributed by atoms with Gasteiger partial charge in [-0.25, -0.2) is 8.78 Å². The molecule has 0 aliphatic heterocycles. The minimum atomic E-state index is -0.810. The lowest BCUT2D eigenvalue weighted by molar-refractivity contribution is 0.177. The highest BCUT2D eigenvalue weighted by Gasteiger charge is 2.14. The summed E-state index contributed by atoms with van der Waals surface area (Å²) >= 11 is 1.97. The summed E-state index contributed by atoms with van der Waals surface area (Å²) < 4.78 is 32.1. The third-order valence-corrected chi connectivity index (χ3v) is 3.90. The molecule has 5 heteroatoms. The van der Waals surface area contributed by atoms with Crippen molar-refractivity contribution in [1.82, 2.24) is 0 Å². The van der Waals surface area contributed by atoms with E-state index in [0.717, 1.165) is 0 Å². The van der Waals surface area contributed by atoms with Crippen molar-refractivity contribution in [3.63, 3.8) is 0 Å². The molecule has 1 N–H and O–H groups in total. The third-order valence-electron chi connectivity index (χ3n) is 2.97. The summed E-state index contributed by atoms with van der Waals surface area (Å²) in [7, 11) is 1.40. The fraction of sp³-hybridized carbons (Fsp3) is 0.200. The van der Waals surface area contributed by atoms with Gasteiger partial charge in [0.2, 0.25) is 0 Å². The summed E-state index contributed by atoms with van der Waals surface area (Å²) in [6.45, 7) is 0. The molecule has 0 amide bonds. The van der Waals surface area contributed by atoms with Gasteiger partial charge in [0.1, 0.15) is 5.82 Å². The van der Waals surface area contributed by atoms with E-state index in [1.807, 2.05) is 22.6 Å². The molecule has 2 rings (SSSR count). The Balaban J connectivity index is 2.18. The highest BCUT2D eigenvalue weighted by atomic mass is 127. The molecule has 0 aliphatic rings. The molecule has 20 heavy (non-hydrogen) atoms. The Hall–Kier alpha value is -1.21. The third kappa shape index (κ3) is 3.46. The Morgan fingerprint density at radius 3 is 2.55 bits per heavy atom. The number of ether oxygens (including phenoxy) is 1. The number of hydrogen-bond donors (Lipinski definition) is 1. The van der Waals surface area contributed by atoms with Crippen LogP contribution in [0.25, 0.3) is 0 Å². The van der Waals surface area contributed by atoms with E-state index in [-0.39, 0.29) is 18.0 Å². The van der Waals surface area contributed by atoms with Crippen LogP contribution in [-0.2, 0) is 6.42 Å². The number of halogens is 3. The second kappa shape index (κ2) is 6.49. The van der Waals surface area contributed by atoms with Crippen molar-refractivity contribution in [3.05, 3.63) is 62.7 Å². The molecule has 0 spiro atoms. The van der Waals surface area contributed by atoms with Crippen LogP contribution in [0, 0.1) is 15.2 Å². The topological polar surface area (TPSA) is 29.5 Å². The highest BCUT2D eigenvalue weighted by molar-refractivity contribution is 14.1. The van der Waals surface area contributed by atoms with Gasteiger partial charge in [0.25, 0.3) is 0 Å². The van der Waals surface area contributed by atoms with Crippen molar-refractivity contribution in [1.29, 1.82) is 0 Å². The minimum Gasteiger partial charge on any atom is -0.494 e. The van der Waals surface area contributed by atoms with E-state index >= 15 is 0 Å². The Kier molecular flexibility index (Phi) is 4.93. The molecule has 0 heterocycles. The Bertz CT molecular complexity index is 617. The van der Waals surface area contributed by atoms with E-state index in [4.69, 9.17) is 4.74 Å². The smallest absolute Gasteiger partial charge is 0.165 e. The molecule has 0 saturated heterocycles. The fourth-order valence-electron chi connectivity index (χ4n) is 1.94. The van der Waals surface area contributed by atoms with Crippen LogP contribution in [0.1, 0.15) is 17.2 Å². The molecule has 1 unspecified atom stereocenters. The standard InChI is InChI=1S/C15H13F2IO2/c1-20-15-5-2-9(6-12(15)17)7-14(19)11-4-3-10(16)8-13(11)18/h2-6,8,14,19H,7H2,1H3. The lowest BCUT2D eigenvalue weighted by Crippen LogP contribution is -2.05. The molecule has 0 aliphatic carbocycles. The van der Waals surface area contributed by atoms with Gasteiger partial charge in [0, 0.05) is 9.99 Å². The first-order valence-electron chi connectivity index (χ1n) is 5.96. The maximum Gasteiger partial charge on any atom is 0.165 e. The molecule has 106 valence electrons. The number of benzene rings is 2. The Labute approximate surface area is 129 Å². The van der Waals surface area contributed by atoms with Crippen LogP contribution < -0.4 is 4.74 Å². The van der Waals surface area contributed by atoms with Gasteiger partial charge < -0.3 is 9.84 Å². The van der Waals surface area contributed by atoms with E-state index in [1.54, 1.807) is 12.1 Å². The number of hydrogen-bond acceptors (Lipinski definition) is 2. The zero-order valence-electron chi connectivity index (χ0n) is 10.7. The first-order valence-corrected chi connectivity index (χ1v) is 7.04. The first-order chi connectivity index (χ1) is 9.51. The second-order valence-corrected chi connectivity index (χ2v) is 5.52. The van der Waals surface area contributed by atoms with Crippen LogP contribution in [0.15, 0.2) is 36.4 Å². The van der Waals surface area contributed by atoms with E-state index < -0.39 is 11.9 Å². The van der Waals surface area contributed by atoms with E-state index in [9.17, 15) is 13.9 Å². The lowest BCUT2D eigenvalue weighted by Gasteiger charge is -2.13. The van der Waals surface area contributed by atoms with Crippen molar-refractivity contribution in [3.8, 4) is 5.75 Å². The van der Waals surface area contributed by atoms with Gasteiger partial charge in [0.15, 0.2) is 11.6 Å². The minimum absolute atomic E-state index is 0.166. The van der Waals surface area contributed by atoms with Crippen LogP contribution in [0.5, 0.6) is 5.75 Å². The summed E-state index contributed by atoms with van der Waals surface area (Å²) in [5.41, 5.74) is 1.28. The molecule has 2 aromatic rings. The number of methoxy groups -OCH3 is 1. The van der Waals surface area contributed by atoms with Gasteiger partial charge >= 0.3 is 0 Å². The average molecular weight is 390 g/mol. The molecule has 0 fully saturated rings. The van der Waals surface area contributed by atoms with Crippen LogP contribution in [0.2, 0.25) is 0 Å². The highest BCUT2D eigenvalue weighted by Crippen LogP contribution is 2.26. The molecule has 0 radical (unpaired) electrons. The number of aliphatic hydroxyl groups excluding tert-OH is 1. The Morgan fingerprint density at radius 1 is 1.20 bits per heavy atom. The maximum absolute atomic E-state index is 13.6. The van der Waals surface area contributed by atoms with Gasteiger partial charge in [-0.05, 0) is 58.0 Å². The number of aliphatic hydroxyl groups is 1. The SMILES string of the molecule is COc1ccc(CC(O)c2ccc(F)cc2I)cc1F. The van der Waals surface area contributed by atoms with Gasteiger partial charge in [-0.15, -0.1) is 0 Å². The van der Waals surface area contributed by atoms with Gasteiger partial charge in [-0.1, -0.05) is 12.1 Å². The monoisotopic (exact) mass is 390 g/mol. The zero-order chi connectivity index (χ0) is 14.7. The van der Waals surface area contributed by atoms with Crippen molar-refractivity contribution in [2.75, 3.05) is 7.11 Å². The van der Waals surface area contributed by atoms with Gasteiger partial charge in [0.05, 0.1) is 13.2 Å². The van der Waals surface area contributed by atoms with Crippen LogP contribution in [0.4, 0.5) is 8.78 Å². The quantitative estimate of drug-likeness (QED) is 0.804. The average Bonchev–Trinajstić information content (AvgIpc) is 2.38. The van der Waals surface area contributed by atoms with Crippen molar-refractivity contribution in [2.24, 2.45) is 0 Å². The summed E-state index contributed by atoms with van der Waals surface area (Å²) in [5, 5.41) is 10.2. The van der Waals surface area contributed by atoms with Crippen LogP contribution >= 0.6 is 22.6 Å².